The van der Waals surface area contributed by atoms with Crippen LogP contribution >= 0.6 is 0 Å². The van der Waals surface area contributed by atoms with Gasteiger partial charge in [-0.15, -0.1) is 0 Å². The Balaban J connectivity index is 2.16. The van der Waals surface area contributed by atoms with Crippen LogP contribution in [-0.4, -0.2) is 6.04 Å². The van der Waals surface area contributed by atoms with Crippen LogP contribution in [0.25, 0.3) is 0 Å². The lowest BCUT2D eigenvalue weighted by molar-refractivity contribution is 0.610. The number of halogens is 1. The lowest BCUT2D eigenvalue weighted by Gasteiger charge is -2.38. The monoisotopic (exact) mass is 270 g/mol. The van der Waals surface area contributed by atoms with Crippen molar-refractivity contribution in [2.24, 2.45) is 0 Å². The largest absolute Gasteiger partial charge is 0.397 e. The van der Waals surface area contributed by atoms with Crippen molar-refractivity contribution in [3.63, 3.8) is 0 Å². The summed E-state index contributed by atoms with van der Waals surface area (Å²) in [7, 11) is 0. The molecular weight excluding hydrogens is 251 g/mol. The van der Waals surface area contributed by atoms with Gasteiger partial charge in [-0.3, -0.25) is 0 Å². The lowest BCUT2D eigenvalue weighted by atomic mass is 9.95. The van der Waals surface area contributed by atoms with E-state index in [1.54, 1.807) is 6.92 Å². The van der Waals surface area contributed by atoms with Gasteiger partial charge in [0.2, 0.25) is 0 Å². The number of nitrogens with two attached hydrogens (primary N) is 1. The van der Waals surface area contributed by atoms with Crippen molar-refractivity contribution in [2.75, 3.05) is 10.6 Å². The zero-order valence-electron chi connectivity index (χ0n) is 11.9. The molecule has 0 fully saturated rings. The number of para-hydroxylation sites is 1. The van der Waals surface area contributed by atoms with Crippen molar-refractivity contribution in [3.05, 3.63) is 53.3 Å². The highest BCUT2D eigenvalue weighted by Crippen LogP contribution is 2.40. The van der Waals surface area contributed by atoms with E-state index in [4.69, 9.17) is 5.73 Å². The molecule has 0 spiro atoms. The number of anilines is 3. The molecule has 1 heterocycles. The summed E-state index contributed by atoms with van der Waals surface area (Å²) in [6.07, 6.45) is 2.15. The molecule has 2 nitrogen and oxygen atoms in total. The first-order chi connectivity index (χ1) is 9.58. The summed E-state index contributed by atoms with van der Waals surface area (Å²) in [5.74, 6) is -0.246. The van der Waals surface area contributed by atoms with E-state index in [2.05, 4.69) is 30.0 Å². The normalized spacial score (nSPS) is 17.9. The number of fused-ring (bicyclic) bond motifs is 1. The summed E-state index contributed by atoms with van der Waals surface area (Å²) >= 11 is 0. The molecule has 0 aliphatic carbocycles. The van der Waals surface area contributed by atoms with Crippen LogP contribution in [0.15, 0.2) is 36.4 Å². The molecule has 2 aromatic rings. The summed E-state index contributed by atoms with van der Waals surface area (Å²) in [5.41, 5.74) is 10.6. The Labute approximate surface area is 119 Å². The number of nitrogens with zero attached hydrogens (tertiary/aromatic N) is 1. The van der Waals surface area contributed by atoms with E-state index in [0.29, 0.717) is 17.3 Å². The molecule has 20 heavy (non-hydrogen) atoms. The van der Waals surface area contributed by atoms with E-state index in [1.165, 1.54) is 17.3 Å². The first-order valence-electron chi connectivity index (χ1n) is 7.00. The zero-order chi connectivity index (χ0) is 14.3. The summed E-state index contributed by atoms with van der Waals surface area (Å²) in [6.45, 7) is 3.97. The molecule has 2 N–H and O–H groups in total. The molecule has 0 radical (unpaired) electrons. The van der Waals surface area contributed by atoms with Crippen LogP contribution in [0.1, 0.15) is 24.5 Å². The molecule has 104 valence electrons. The van der Waals surface area contributed by atoms with Crippen molar-refractivity contribution >= 4 is 17.1 Å². The molecule has 2 aromatic carbocycles. The van der Waals surface area contributed by atoms with Gasteiger partial charge in [0.05, 0.1) is 11.4 Å². The quantitative estimate of drug-likeness (QED) is 0.787. The fraction of sp³-hybridized carbons (Fsp3) is 0.294. The molecular formula is C17H19FN2. The van der Waals surface area contributed by atoms with Crippen molar-refractivity contribution in [3.8, 4) is 0 Å². The van der Waals surface area contributed by atoms with Crippen LogP contribution in [0, 0.1) is 12.7 Å². The maximum atomic E-state index is 13.6. The van der Waals surface area contributed by atoms with Crippen molar-refractivity contribution < 1.29 is 4.39 Å². The Bertz CT molecular complexity index is 651. The molecule has 3 rings (SSSR count). The topological polar surface area (TPSA) is 29.3 Å². The first kappa shape index (κ1) is 13.0. The summed E-state index contributed by atoms with van der Waals surface area (Å²) < 4.78 is 13.6. The number of nitrogen functional groups attached to an aromatic ring is 1. The predicted octanol–water partition coefficient (Wildman–Crippen LogP) is 4.19. The van der Waals surface area contributed by atoms with Crippen LogP contribution in [0.2, 0.25) is 0 Å². The van der Waals surface area contributed by atoms with Gasteiger partial charge >= 0.3 is 0 Å². The van der Waals surface area contributed by atoms with Crippen molar-refractivity contribution in [2.45, 2.75) is 32.7 Å². The molecule has 0 amide bonds. The van der Waals surface area contributed by atoms with Crippen LogP contribution < -0.4 is 10.6 Å². The zero-order valence-corrected chi connectivity index (χ0v) is 11.9. The van der Waals surface area contributed by atoms with Gasteiger partial charge in [0.15, 0.2) is 0 Å². The molecule has 0 saturated carbocycles. The molecule has 1 atom stereocenters. The second kappa shape index (κ2) is 4.82. The van der Waals surface area contributed by atoms with Crippen molar-refractivity contribution in [1.82, 2.24) is 0 Å². The van der Waals surface area contributed by atoms with E-state index in [1.807, 2.05) is 12.1 Å². The first-order valence-corrected chi connectivity index (χ1v) is 7.00. The maximum absolute atomic E-state index is 13.6. The summed E-state index contributed by atoms with van der Waals surface area (Å²) in [4.78, 5) is 2.24. The third-order valence-electron chi connectivity index (χ3n) is 4.09. The second-order valence-corrected chi connectivity index (χ2v) is 5.55. The fourth-order valence-electron chi connectivity index (χ4n) is 2.95. The van der Waals surface area contributed by atoms with Gasteiger partial charge in [0.1, 0.15) is 5.82 Å². The van der Waals surface area contributed by atoms with Crippen LogP contribution in [0.5, 0.6) is 0 Å². The third kappa shape index (κ3) is 2.03. The number of hydrogen-bond acceptors (Lipinski definition) is 2. The molecule has 0 bridgehead atoms. The van der Waals surface area contributed by atoms with E-state index in [-0.39, 0.29) is 5.82 Å². The number of benzene rings is 2. The molecule has 1 unspecified atom stereocenters. The van der Waals surface area contributed by atoms with Gasteiger partial charge in [0, 0.05) is 11.7 Å². The minimum Gasteiger partial charge on any atom is -0.397 e. The van der Waals surface area contributed by atoms with E-state index in [0.717, 1.165) is 18.5 Å². The van der Waals surface area contributed by atoms with Gasteiger partial charge in [-0.25, -0.2) is 4.39 Å². The number of hydrogen-bond donors (Lipinski definition) is 1. The summed E-state index contributed by atoms with van der Waals surface area (Å²) in [6, 6.07) is 12.0. The summed E-state index contributed by atoms with van der Waals surface area (Å²) in [5, 5.41) is 0. The number of aryl methyl sites for hydroxylation is 2. The van der Waals surface area contributed by atoms with Crippen LogP contribution in [0.3, 0.4) is 0 Å². The average molecular weight is 270 g/mol. The smallest absolute Gasteiger partial charge is 0.128 e. The Morgan fingerprint density at radius 3 is 2.75 bits per heavy atom. The number of rotatable bonds is 1. The van der Waals surface area contributed by atoms with E-state index < -0.39 is 0 Å². The minimum absolute atomic E-state index is 0.246. The average Bonchev–Trinajstić information content (AvgIpc) is 2.43. The van der Waals surface area contributed by atoms with Gasteiger partial charge in [0.25, 0.3) is 0 Å². The van der Waals surface area contributed by atoms with Crippen LogP contribution in [0.4, 0.5) is 21.5 Å². The Kier molecular flexibility index (Phi) is 3.13. The van der Waals surface area contributed by atoms with Gasteiger partial charge in [-0.2, -0.15) is 0 Å². The van der Waals surface area contributed by atoms with Gasteiger partial charge < -0.3 is 10.6 Å². The Hall–Kier alpha value is -2.03. The Morgan fingerprint density at radius 1 is 1.20 bits per heavy atom. The highest BCUT2D eigenvalue weighted by molar-refractivity contribution is 5.78. The molecule has 1 aliphatic rings. The van der Waals surface area contributed by atoms with Gasteiger partial charge in [-0.05, 0) is 56.0 Å². The SMILES string of the molecule is Cc1cc(N2c3ccccc3CCC2C)c(N)cc1F. The standard InChI is InChI=1S/C17H19FN2/c1-11-9-17(15(19)10-14(11)18)20-12(2)7-8-13-5-3-4-6-16(13)20/h3-6,9-10,12H,7-8,19H2,1-2H3. The van der Waals surface area contributed by atoms with E-state index in [9.17, 15) is 4.39 Å². The minimum atomic E-state index is -0.246. The Morgan fingerprint density at radius 2 is 1.95 bits per heavy atom. The lowest BCUT2D eigenvalue weighted by Crippen LogP contribution is -2.33. The molecule has 1 aliphatic heterocycles. The third-order valence-corrected chi connectivity index (χ3v) is 4.09. The van der Waals surface area contributed by atoms with Crippen LogP contribution in [-0.2, 0) is 6.42 Å². The predicted molar refractivity (Wildman–Crippen MR) is 81.9 cm³/mol. The molecule has 0 aromatic heterocycles. The highest BCUT2D eigenvalue weighted by atomic mass is 19.1. The molecule has 0 saturated heterocycles. The van der Waals surface area contributed by atoms with E-state index >= 15 is 0 Å². The van der Waals surface area contributed by atoms with Gasteiger partial charge in [-0.1, -0.05) is 18.2 Å². The maximum Gasteiger partial charge on any atom is 0.128 e. The fourth-order valence-corrected chi connectivity index (χ4v) is 2.95. The second-order valence-electron chi connectivity index (χ2n) is 5.55. The molecule has 3 heteroatoms. The highest BCUT2D eigenvalue weighted by Gasteiger charge is 2.25. The van der Waals surface area contributed by atoms with Crippen molar-refractivity contribution in [1.29, 1.82) is 0 Å².